The Morgan fingerprint density at radius 3 is 2.55 bits per heavy atom. The van der Waals surface area contributed by atoms with Crippen molar-refractivity contribution in [2.75, 3.05) is 6.54 Å². The minimum Gasteiger partial charge on any atom is -0.389 e. The first-order valence-electron chi connectivity index (χ1n) is 6.65. The van der Waals surface area contributed by atoms with Gasteiger partial charge in [-0.1, -0.05) is 30.3 Å². The van der Waals surface area contributed by atoms with Crippen LogP contribution >= 0.6 is 0 Å². The number of hydrogen-bond acceptors (Lipinski definition) is 2. The van der Waals surface area contributed by atoms with E-state index in [0.29, 0.717) is 12.2 Å². The molecule has 0 unspecified atom stereocenters. The SMILES string of the molecule is CC(C)(O)CNC(=O)c1cccn1Cc1ccccc1. The smallest absolute Gasteiger partial charge is 0.268 e. The second-order valence-corrected chi connectivity index (χ2v) is 5.50. The van der Waals surface area contributed by atoms with Gasteiger partial charge in [-0.25, -0.2) is 0 Å². The fourth-order valence-electron chi connectivity index (χ4n) is 1.93. The molecule has 4 nitrogen and oxygen atoms in total. The number of nitrogens with zero attached hydrogens (tertiary/aromatic N) is 1. The van der Waals surface area contributed by atoms with Gasteiger partial charge in [0.2, 0.25) is 0 Å². The minimum atomic E-state index is -0.910. The van der Waals surface area contributed by atoms with Crippen molar-refractivity contribution in [1.29, 1.82) is 0 Å². The molecule has 0 saturated heterocycles. The number of amides is 1. The van der Waals surface area contributed by atoms with Crippen molar-refractivity contribution < 1.29 is 9.90 Å². The van der Waals surface area contributed by atoms with Crippen LogP contribution in [0.15, 0.2) is 48.7 Å². The van der Waals surface area contributed by atoms with Gasteiger partial charge in [0.1, 0.15) is 5.69 Å². The average Bonchev–Trinajstić information content (AvgIpc) is 2.84. The third kappa shape index (κ3) is 3.96. The maximum Gasteiger partial charge on any atom is 0.268 e. The Morgan fingerprint density at radius 1 is 1.20 bits per heavy atom. The van der Waals surface area contributed by atoms with Gasteiger partial charge in [-0.05, 0) is 31.5 Å². The predicted octanol–water partition coefficient (Wildman–Crippen LogP) is 2.04. The fourth-order valence-corrected chi connectivity index (χ4v) is 1.93. The van der Waals surface area contributed by atoms with E-state index in [4.69, 9.17) is 0 Å². The van der Waals surface area contributed by atoms with E-state index in [-0.39, 0.29) is 12.5 Å². The Morgan fingerprint density at radius 2 is 1.90 bits per heavy atom. The second kappa shape index (κ2) is 5.92. The summed E-state index contributed by atoms with van der Waals surface area (Å²) < 4.78 is 1.90. The predicted molar refractivity (Wildman–Crippen MR) is 78.6 cm³/mol. The van der Waals surface area contributed by atoms with Crippen molar-refractivity contribution in [2.45, 2.75) is 26.0 Å². The topological polar surface area (TPSA) is 54.3 Å². The van der Waals surface area contributed by atoms with Crippen molar-refractivity contribution in [2.24, 2.45) is 0 Å². The lowest BCUT2D eigenvalue weighted by Gasteiger charge is -2.18. The van der Waals surface area contributed by atoms with E-state index < -0.39 is 5.60 Å². The lowest BCUT2D eigenvalue weighted by Crippen LogP contribution is -2.38. The summed E-state index contributed by atoms with van der Waals surface area (Å²) in [5.41, 5.74) is 0.824. The summed E-state index contributed by atoms with van der Waals surface area (Å²) in [6, 6.07) is 13.6. The first-order chi connectivity index (χ1) is 9.46. The van der Waals surface area contributed by atoms with Gasteiger partial charge in [0.25, 0.3) is 5.91 Å². The number of carbonyl (C=O) groups is 1. The standard InChI is InChI=1S/C16H20N2O2/c1-16(2,20)12-17-15(19)14-9-6-10-18(14)11-13-7-4-3-5-8-13/h3-10,20H,11-12H2,1-2H3,(H,17,19). The molecule has 0 fully saturated rings. The van der Waals surface area contributed by atoms with E-state index in [1.807, 2.05) is 47.2 Å². The van der Waals surface area contributed by atoms with Crippen LogP contribution in [0.25, 0.3) is 0 Å². The van der Waals surface area contributed by atoms with Gasteiger partial charge < -0.3 is 15.0 Å². The summed E-state index contributed by atoms with van der Waals surface area (Å²) in [5, 5.41) is 12.4. The van der Waals surface area contributed by atoms with Crippen LogP contribution < -0.4 is 5.32 Å². The van der Waals surface area contributed by atoms with E-state index in [9.17, 15) is 9.90 Å². The molecule has 1 heterocycles. The number of rotatable bonds is 5. The molecule has 0 aliphatic carbocycles. The Hall–Kier alpha value is -2.07. The van der Waals surface area contributed by atoms with E-state index in [1.54, 1.807) is 19.9 Å². The number of aliphatic hydroxyl groups is 1. The molecule has 1 aromatic heterocycles. The van der Waals surface area contributed by atoms with Gasteiger partial charge in [0.05, 0.1) is 5.60 Å². The zero-order valence-corrected chi connectivity index (χ0v) is 11.8. The molecule has 0 saturated carbocycles. The summed E-state index contributed by atoms with van der Waals surface area (Å²) >= 11 is 0. The number of hydrogen-bond donors (Lipinski definition) is 2. The second-order valence-electron chi connectivity index (χ2n) is 5.50. The Balaban J connectivity index is 2.07. The van der Waals surface area contributed by atoms with Crippen molar-refractivity contribution in [3.8, 4) is 0 Å². The maximum absolute atomic E-state index is 12.1. The molecule has 0 bridgehead atoms. The van der Waals surface area contributed by atoms with Crippen molar-refractivity contribution >= 4 is 5.91 Å². The Labute approximate surface area is 119 Å². The third-order valence-corrected chi connectivity index (χ3v) is 2.94. The largest absolute Gasteiger partial charge is 0.389 e. The molecule has 0 aliphatic heterocycles. The fraction of sp³-hybridized carbons (Fsp3) is 0.312. The van der Waals surface area contributed by atoms with E-state index in [0.717, 1.165) is 5.56 Å². The minimum absolute atomic E-state index is 0.173. The molecule has 2 rings (SSSR count). The molecule has 0 spiro atoms. The van der Waals surface area contributed by atoms with Crippen LogP contribution in [-0.2, 0) is 6.54 Å². The highest BCUT2D eigenvalue weighted by atomic mass is 16.3. The molecule has 1 aromatic carbocycles. The van der Waals surface area contributed by atoms with Crippen LogP contribution in [0.5, 0.6) is 0 Å². The van der Waals surface area contributed by atoms with Gasteiger partial charge >= 0.3 is 0 Å². The van der Waals surface area contributed by atoms with Gasteiger partial charge in [0, 0.05) is 19.3 Å². The molecule has 2 aromatic rings. The Kier molecular flexibility index (Phi) is 4.25. The number of aromatic nitrogens is 1. The first kappa shape index (κ1) is 14.3. The molecule has 0 radical (unpaired) electrons. The van der Waals surface area contributed by atoms with Crippen LogP contribution in [-0.4, -0.2) is 27.7 Å². The summed E-state index contributed by atoms with van der Waals surface area (Å²) in [5.74, 6) is -0.173. The summed E-state index contributed by atoms with van der Waals surface area (Å²) in [6.45, 7) is 4.20. The monoisotopic (exact) mass is 272 g/mol. The quantitative estimate of drug-likeness (QED) is 0.875. The van der Waals surface area contributed by atoms with Gasteiger partial charge in [0.15, 0.2) is 0 Å². The highest BCUT2D eigenvalue weighted by Gasteiger charge is 2.16. The summed E-state index contributed by atoms with van der Waals surface area (Å²) in [7, 11) is 0. The lowest BCUT2D eigenvalue weighted by molar-refractivity contribution is 0.0690. The first-order valence-corrected chi connectivity index (χ1v) is 6.65. The molecule has 106 valence electrons. The number of carbonyl (C=O) groups excluding carboxylic acids is 1. The highest BCUT2D eigenvalue weighted by Crippen LogP contribution is 2.08. The van der Waals surface area contributed by atoms with E-state index >= 15 is 0 Å². The van der Waals surface area contributed by atoms with E-state index in [1.165, 1.54) is 0 Å². The highest BCUT2D eigenvalue weighted by molar-refractivity contribution is 5.92. The normalized spacial score (nSPS) is 11.3. The number of nitrogens with one attached hydrogen (secondary N) is 1. The van der Waals surface area contributed by atoms with Gasteiger partial charge in [-0.3, -0.25) is 4.79 Å². The molecule has 0 aliphatic rings. The molecule has 1 amide bonds. The molecular formula is C16H20N2O2. The zero-order valence-electron chi connectivity index (χ0n) is 11.8. The van der Waals surface area contributed by atoms with Gasteiger partial charge in [-0.15, -0.1) is 0 Å². The Bertz CT molecular complexity index is 568. The molecule has 4 heteroatoms. The van der Waals surface area contributed by atoms with Crippen molar-refractivity contribution in [1.82, 2.24) is 9.88 Å². The lowest BCUT2D eigenvalue weighted by atomic mass is 10.1. The van der Waals surface area contributed by atoms with Crippen LogP contribution in [0, 0.1) is 0 Å². The average molecular weight is 272 g/mol. The van der Waals surface area contributed by atoms with Crippen LogP contribution in [0.4, 0.5) is 0 Å². The third-order valence-electron chi connectivity index (χ3n) is 2.94. The maximum atomic E-state index is 12.1. The molecule has 20 heavy (non-hydrogen) atoms. The van der Waals surface area contributed by atoms with E-state index in [2.05, 4.69) is 5.32 Å². The van der Waals surface area contributed by atoms with Crippen molar-refractivity contribution in [3.63, 3.8) is 0 Å². The van der Waals surface area contributed by atoms with Gasteiger partial charge in [-0.2, -0.15) is 0 Å². The molecule has 0 atom stereocenters. The summed E-state index contributed by atoms with van der Waals surface area (Å²) in [4.78, 5) is 12.1. The van der Waals surface area contributed by atoms with Crippen LogP contribution in [0.2, 0.25) is 0 Å². The molecular weight excluding hydrogens is 252 g/mol. The van der Waals surface area contributed by atoms with Crippen molar-refractivity contribution in [3.05, 3.63) is 59.9 Å². The van der Waals surface area contributed by atoms with Crippen LogP contribution in [0.3, 0.4) is 0 Å². The molecule has 2 N–H and O–H groups in total. The van der Waals surface area contributed by atoms with Crippen LogP contribution in [0.1, 0.15) is 29.9 Å². The zero-order chi connectivity index (χ0) is 14.6. The summed E-state index contributed by atoms with van der Waals surface area (Å²) in [6.07, 6.45) is 1.88. The number of benzene rings is 1.